The summed E-state index contributed by atoms with van der Waals surface area (Å²) in [6, 6.07) is 0. The van der Waals surface area contributed by atoms with Crippen LogP contribution in [0.1, 0.15) is 27.7 Å². The van der Waals surface area contributed by atoms with Crippen molar-refractivity contribution < 1.29 is 150 Å². The van der Waals surface area contributed by atoms with Crippen molar-refractivity contribution in [2.45, 2.75) is 27.7 Å². The third-order valence-corrected chi connectivity index (χ3v) is 0.167. The van der Waals surface area contributed by atoms with E-state index in [1.807, 2.05) is 0 Å². The first-order valence-corrected chi connectivity index (χ1v) is 6.95. The number of rotatable bonds is 1. The van der Waals surface area contributed by atoms with Crippen LogP contribution in [0.2, 0.25) is 0 Å². The van der Waals surface area contributed by atoms with Gasteiger partial charge in [-0.3, -0.25) is 8.42 Å². The van der Waals surface area contributed by atoms with Gasteiger partial charge in [0.05, 0.1) is 0 Å². The third-order valence-electron chi connectivity index (χ3n) is 0.167. The summed E-state index contributed by atoms with van der Waals surface area (Å²) in [6.45, 7) is 5.08. The second-order valence-corrected chi connectivity index (χ2v) is 3.77. The number of aliphatic carboxylic acids is 4. The summed E-state index contributed by atoms with van der Waals surface area (Å²) in [5, 5.41) is 35.6. The normalized spacial score (nSPS) is 6.48. The Labute approximate surface area is 234 Å². The second kappa shape index (κ2) is 51.4. The van der Waals surface area contributed by atoms with E-state index >= 15 is 0 Å². The summed E-state index contributed by atoms with van der Waals surface area (Å²) in [6.07, 6.45) is 0. The molecule has 0 aromatic carbocycles. The largest absolute Gasteiger partial charge is 2.00 e. The Balaban J connectivity index is -0.0000000182. The zero-order chi connectivity index (χ0) is 22.2. The van der Waals surface area contributed by atoms with E-state index in [1.165, 1.54) is 0 Å². The molecule has 0 unspecified atom stereocenters. The smallest absolute Gasteiger partial charge is 0.759 e. The molecule has 0 atom stereocenters. The van der Waals surface area contributed by atoms with Crippen LogP contribution in [0.3, 0.4) is 0 Å². The van der Waals surface area contributed by atoms with Crippen LogP contribution < -0.4 is 91.0 Å². The summed E-state index contributed by atoms with van der Waals surface area (Å²) < 4.78 is 34.1. The van der Waals surface area contributed by atoms with Crippen molar-refractivity contribution in [2.75, 3.05) is 13.1 Å². The Morgan fingerprint density at radius 1 is 0.621 bits per heavy atom. The van der Waals surface area contributed by atoms with Gasteiger partial charge in [-0.25, -0.2) is 0 Å². The Morgan fingerprint density at radius 3 is 0.655 bits per heavy atom. The minimum absolute atomic E-state index is 0. The van der Waals surface area contributed by atoms with Crippen LogP contribution in [0, 0.1) is 0 Å². The summed E-state index contributed by atoms with van der Waals surface area (Å²) in [5.74, 6) is -4.33. The quantitative estimate of drug-likeness (QED) is 0.174. The summed E-state index contributed by atoms with van der Waals surface area (Å²) >= 11 is 0. The fourth-order valence-corrected chi connectivity index (χ4v) is 0. The van der Waals surface area contributed by atoms with E-state index in [0.717, 1.165) is 27.7 Å². The van der Waals surface area contributed by atoms with E-state index in [0.29, 0.717) is 13.1 Å². The van der Waals surface area contributed by atoms with E-state index < -0.39 is 34.3 Å². The van der Waals surface area contributed by atoms with Crippen LogP contribution in [-0.4, -0.2) is 54.5 Å². The van der Waals surface area contributed by atoms with Gasteiger partial charge in [0.15, 0.2) is 0 Å². The predicted molar refractivity (Wildman–Crippen MR) is 71.3 cm³/mol. The van der Waals surface area contributed by atoms with Gasteiger partial charge in [-0.1, -0.05) is 0 Å². The number of hydrogen-bond donors (Lipinski definition) is 2. The molecular weight excluding hydrogens is 530 g/mol. The van der Waals surface area contributed by atoms with E-state index in [2.05, 4.69) is 0 Å². The van der Waals surface area contributed by atoms with Crippen LogP contribution >= 0.6 is 0 Å². The minimum atomic E-state index is -5.17. The Morgan fingerprint density at radius 2 is 0.655 bits per heavy atom. The molecule has 0 fully saturated rings. The van der Waals surface area contributed by atoms with Crippen molar-refractivity contribution in [2.24, 2.45) is 11.5 Å². The van der Waals surface area contributed by atoms with Crippen LogP contribution in [0.25, 0.3) is 0 Å². The van der Waals surface area contributed by atoms with Gasteiger partial charge in [-0.05, 0) is 27.7 Å². The molecule has 0 bridgehead atoms. The zero-order valence-corrected chi connectivity index (χ0v) is 23.6. The van der Waals surface area contributed by atoms with E-state index in [9.17, 15) is 0 Å². The summed E-state index contributed by atoms with van der Waals surface area (Å²) in [7, 11) is -5.17. The molecule has 19 heteroatoms. The van der Waals surface area contributed by atoms with Crippen LogP contribution in [-0.2, 0) is 63.7 Å². The van der Waals surface area contributed by atoms with Crippen molar-refractivity contribution >= 4 is 34.3 Å². The predicted octanol–water partition coefficient (Wildman–Crippen LogP) is -13.4. The maximum Gasteiger partial charge on any atom is 2.00 e. The minimum Gasteiger partial charge on any atom is -0.759 e. The first-order valence-electron chi connectivity index (χ1n) is 5.62. The average Bonchev–Trinajstić information content (AvgIpc) is 2.22. The van der Waals surface area contributed by atoms with Gasteiger partial charge in [0.2, 0.25) is 0 Å². The molecule has 0 saturated heterocycles. The number of carbonyl (C=O) groups is 4. The van der Waals surface area contributed by atoms with E-state index in [-0.39, 0.29) is 93.3 Å². The summed E-state index contributed by atoms with van der Waals surface area (Å²) in [4.78, 5) is 35.6. The molecular formula is C10H20Fe2N2Na2O12S. The van der Waals surface area contributed by atoms with Crippen LogP contribution in [0.15, 0.2) is 0 Å². The number of nitrogens with two attached hydrogens (primary N) is 2. The molecule has 4 N–H and O–H groups in total. The van der Waals surface area contributed by atoms with Crippen molar-refractivity contribution in [1.29, 1.82) is 0 Å². The molecule has 0 radical (unpaired) electrons. The van der Waals surface area contributed by atoms with Crippen LogP contribution in [0.4, 0.5) is 0 Å². The molecule has 0 aliphatic heterocycles. The van der Waals surface area contributed by atoms with Crippen LogP contribution in [0.5, 0.6) is 0 Å². The first-order chi connectivity index (χ1) is 10.8. The number of carboxylic acids is 4. The molecule has 0 aromatic heterocycles. The molecule has 0 aliphatic rings. The average molecular weight is 550 g/mol. The van der Waals surface area contributed by atoms with Crippen molar-refractivity contribution in [3.05, 3.63) is 0 Å². The second-order valence-electron chi connectivity index (χ2n) is 2.95. The Bertz CT molecular complexity index is 382. The van der Waals surface area contributed by atoms with Gasteiger partial charge < -0.3 is 60.2 Å². The van der Waals surface area contributed by atoms with Crippen molar-refractivity contribution in [1.82, 2.24) is 0 Å². The zero-order valence-electron chi connectivity index (χ0n) is 16.6. The molecule has 0 spiro atoms. The van der Waals surface area contributed by atoms with Crippen molar-refractivity contribution in [3.63, 3.8) is 0 Å². The van der Waals surface area contributed by atoms with Gasteiger partial charge in [-0.2, -0.15) is 0 Å². The van der Waals surface area contributed by atoms with Crippen molar-refractivity contribution in [3.8, 4) is 0 Å². The number of carboxylic acid groups (broad SMARTS) is 4. The molecule has 29 heavy (non-hydrogen) atoms. The fourth-order valence-electron chi connectivity index (χ4n) is 0. The molecule has 0 saturated carbocycles. The molecule has 0 aromatic rings. The fraction of sp³-hybridized carbons (Fsp3) is 0.600. The molecule has 0 amide bonds. The van der Waals surface area contributed by atoms with E-state index in [4.69, 9.17) is 68.6 Å². The Kier molecular flexibility index (Phi) is 112. The molecule has 166 valence electrons. The standard InChI is InChI=1S/C2H8N2.4C2H4O2.2Fe.2Na.H2O4S/c3-1-2-4;4*1-2(3)4;;;;;1-5(2,3)4/h1-4H2;4*1H3,(H,3,4);;;;;(H2,1,2,3,4)/q;;;;;2*+2;2*+1;/p-6. The maximum atomic E-state index is 8.89. The maximum absolute atomic E-state index is 8.89. The van der Waals surface area contributed by atoms with E-state index in [1.54, 1.807) is 0 Å². The third kappa shape index (κ3) is 7010. The molecule has 0 rings (SSSR count). The molecule has 0 heterocycles. The topological polar surface area (TPSA) is 293 Å². The van der Waals surface area contributed by atoms with Gasteiger partial charge in [0.25, 0.3) is 0 Å². The SMILES string of the molecule is CC(=O)[O-].CC(=O)[O-].CC(=O)[O-].CC(=O)[O-].NCCN.O=S(=O)([O-])[O-].[Fe+2].[Fe+2].[Na+].[Na+]. The first kappa shape index (κ1) is 63.0. The number of hydrogen-bond acceptors (Lipinski definition) is 14. The van der Waals surface area contributed by atoms with Gasteiger partial charge >= 0.3 is 93.3 Å². The van der Waals surface area contributed by atoms with Gasteiger partial charge in [-0.15, -0.1) is 0 Å². The number of carbonyl (C=O) groups excluding carboxylic acids is 4. The Hall–Kier alpha value is 0.709. The molecule has 14 nitrogen and oxygen atoms in total. The molecule has 0 aliphatic carbocycles. The van der Waals surface area contributed by atoms with Gasteiger partial charge in [0, 0.05) is 47.4 Å². The summed E-state index contributed by atoms with van der Waals surface area (Å²) in [5.41, 5.74) is 9.81. The monoisotopic (exact) mass is 550 g/mol. The van der Waals surface area contributed by atoms with Gasteiger partial charge in [0.1, 0.15) is 0 Å².